The summed E-state index contributed by atoms with van der Waals surface area (Å²) >= 11 is 5.11. The molecule has 150 valence electrons. The van der Waals surface area contributed by atoms with Crippen LogP contribution in [0.1, 0.15) is 37.3 Å². The molecule has 2 aromatic rings. The van der Waals surface area contributed by atoms with Crippen LogP contribution in [0.15, 0.2) is 47.4 Å². The summed E-state index contributed by atoms with van der Waals surface area (Å²) in [5.74, 6) is -0.142. The molecule has 0 spiro atoms. The second-order valence-corrected chi connectivity index (χ2v) is 8.64. The summed E-state index contributed by atoms with van der Waals surface area (Å²) in [5, 5.41) is 5.66. The van der Waals surface area contributed by atoms with Crippen LogP contribution < -0.4 is 15.4 Å². The van der Waals surface area contributed by atoms with Gasteiger partial charge in [-0.15, -0.1) is 0 Å². The van der Waals surface area contributed by atoms with E-state index in [1.165, 1.54) is 12.1 Å². The number of anilines is 2. The molecule has 28 heavy (non-hydrogen) atoms. The Bertz CT molecular complexity index is 955. The van der Waals surface area contributed by atoms with Gasteiger partial charge in [0.2, 0.25) is 5.91 Å². The van der Waals surface area contributed by atoms with E-state index in [1.54, 1.807) is 18.2 Å². The van der Waals surface area contributed by atoms with Crippen molar-refractivity contribution in [3.05, 3.63) is 53.6 Å². The predicted octanol–water partition coefficient (Wildman–Crippen LogP) is 4.11. The number of carbonyl (C=O) groups excluding carboxylic acids is 1. The van der Waals surface area contributed by atoms with Crippen LogP contribution >= 0.6 is 12.2 Å². The van der Waals surface area contributed by atoms with E-state index in [4.69, 9.17) is 12.2 Å². The molecule has 0 unspecified atom stereocenters. The van der Waals surface area contributed by atoms with Crippen LogP contribution in [0.2, 0.25) is 0 Å². The van der Waals surface area contributed by atoms with Gasteiger partial charge in [-0.2, -0.15) is 0 Å². The van der Waals surface area contributed by atoms with Gasteiger partial charge in [-0.1, -0.05) is 31.0 Å². The fourth-order valence-corrected chi connectivity index (χ4v) is 3.90. The first-order chi connectivity index (χ1) is 13.2. The van der Waals surface area contributed by atoms with Crippen molar-refractivity contribution in [3.8, 4) is 0 Å². The highest BCUT2D eigenvalue weighted by Gasteiger charge is 2.15. The summed E-state index contributed by atoms with van der Waals surface area (Å²) in [6.07, 6.45) is 2.15. The van der Waals surface area contributed by atoms with Crippen molar-refractivity contribution in [1.82, 2.24) is 5.32 Å². The fraction of sp³-hybridized carbons (Fsp3) is 0.300. The lowest BCUT2D eigenvalue weighted by Crippen LogP contribution is -2.33. The summed E-state index contributed by atoms with van der Waals surface area (Å²) in [4.78, 5) is 11.8. The Morgan fingerprint density at radius 1 is 1.07 bits per heavy atom. The third kappa shape index (κ3) is 6.31. The third-order valence-corrected chi connectivity index (χ3v) is 5.64. The molecule has 1 amide bonds. The van der Waals surface area contributed by atoms with Crippen molar-refractivity contribution in [2.45, 2.75) is 44.9 Å². The Morgan fingerprint density at radius 2 is 1.75 bits per heavy atom. The lowest BCUT2D eigenvalue weighted by molar-refractivity contribution is -0.119. The third-order valence-electron chi connectivity index (χ3n) is 4.06. The number of rotatable bonds is 7. The molecule has 0 aliphatic carbocycles. The molecule has 2 rings (SSSR count). The van der Waals surface area contributed by atoms with Gasteiger partial charge in [0, 0.05) is 12.1 Å². The smallest absolute Gasteiger partial charge is 0.261 e. The maximum atomic E-state index is 12.6. The van der Waals surface area contributed by atoms with E-state index in [-0.39, 0.29) is 15.9 Å². The van der Waals surface area contributed by atoms with Gasteiger partial charge in [0.25, 0.3) is 10.0 Å². The highest BCUT2D eigenvalue weighted by molar-refractivity contribution is 7.92. The van der Waals surface area contributed by atoms with Crippen LogP contribution in [0.5, 0.6) is 0 Å². The van der Waals surface area contributed by atoms with E-state index in [2.05, 4.69) is 15.4 Å². The standard InChI is InChI=1S/C20H25N3O3S2/c1-4-5-6-19(24)22-20(27)21-16-8-10-17(11-9-16)28(25,26)23-18-12-7-14(2)13-15(18)3/h7-13,23H,4-6H2,1-3H3,(H2,21,22,24,27). The van der Waals surface area contributed by atoms with Gasteiger partial charge in [0.05, 0.1) is 10.6 Å². The van der Waals surface area contributed by atoms with Crippen LogP contribution in [0.25, 0.3) is 0 Å². The molecular formula is C20H25N3O3S2. The summed E-state index contributed by atoms with van der Waals surface area (Å²) < 4.78 is 27.8. The van der Waals surface area contributed by atoms with E-state index in [1.807, 2.05) is 32.9 Å². The minimum absolute atomic E-state index is 0.135. The molecule has 2 aromatic carbocycles. The lowest BCUT2D eigenvalue weighted by atomic mass is 10.1. The highest BCUT2D eigenvalue weighted by atomic mass is 32.2. The SMILES string of the molecule is CCCCC(=O)NC(=S)Nc1ccc(S(=O)(=O)Nc2ccc(C)cc2C)cc1. The van der Waals surface area contributed by atoms with E-state index in [0.29, 0.717) is 17.8 Å². The first-order valence-electron chi connectivity index (χ1n) is 9.02. The van der Waals surface area contributed by atoms with Gasteiger partial charge in [-0.3, -0.25) is 9.52 Å². The molecule has 0 saturated heterocycles. The molecule has 8 heteroatoms. The molecule has 0 saturated carbocycles. The van der Waals surface area contributed by atoms with Gasteiger partial charge in [0.15, 0.2) is 5.11 Å². The predicted molar refractivity (Wildman–Crippen MR) is 117 cm³/mol. The molecule has 0 aliphatic heterocycles. The molecule has 0 aromatic heterocycles. The zero-order valence-corrected chi connectivity index (χ0v) is 17.8. The van der Waals surface area contributed by atoms with Crippen molar-refractivity contribution in [2.24, 2.45) is 0 Å². The molecule has 0 heterocycles. The van der Waals surface area contributed by atoms with Crippen LogP contribution in [-0.2, 0) is 14.8 Å². The van der Waals surface area contributed by atoms with Crippen LogP contribution in [0.4, 0.5) is 11.4 Å². The van der Waals surface area contributed by atoms with E-state index >= 15 is 0 Å². The van der Waals surface area contributed by atoms with Crippen molar-refractivity contribution in [2.75, 3.05) is 10.0 Å². The number of benzene rings is 2. The Morgan fingerprint density at radius 3 is 2.36 bits per heavy atom. The monoisotopic (exact) mass is 419 g/mol. The second kappa shape index (κ2) is 9.66. The van der Waals surface area contributed by atoms with Crippen molar-refractivity contribution in [3.63, 3.8) is 0 Å². The molecule has 6 nitrogen and oxygen atoms in total. The van der Waals surface area contributed by atoms with Crippen LogP contribution in [-0.4, -0.2) is 19.4 Å². The van der Waals surface area contributed by atoms with Gasteiger partial charge < -0.3 is 10.6 Å². The molecule has 0 bridgehead atoms. The average Bonchev–Trinajstić information content (AvgIpc) is 2.62. The first kappa shape index (κ1) is 21.8. The number of hydrogen-bond donors (Lipinski definition) is 3. The molecule has 0 atom stereocenters. The fourth-order valence-electron chi connectivity index (χ4n) is 2.54. The topological polar surface area (TPSA) is 87.3 Å². The summed E-state index contributed by atoms with van der Waals surface area (Å²) in [7, 11) is -3.70. The lowest BCUT2D eigenvalue weighted by Gasteiger charge is -2.12. The molecule has 0 fully saturated rings. The number of unbranched alkanes of at least 4 members (excludes halogenated alkanes) is 1. The number of sulfonamides is 1. The number of nitrogens with one attached hydrogen (secondary N) is 3. The highest BCUT2D eigenvalue weighted by Crippen LogP contribution is 2.21. The Labute approximate surface area is 171 Å². The van der Waals surface area contributed by atoms with Gasteiger partial charge >= 0.3 is 0 Å². The molecule has 0 aliphatic rings. The molecule has 0 radical (unpaired) electrons. The number of amides is 1. The van der Waals surface area contributed by atoms with Crippen molar-refractivity contribution < 1.29 is 13.2 Å². The number of hydrogen-bond acceptors (Lipinski definition) is 4. The van der Waals surface area contributed by atoms with Gasteiger partial charge in [-0.05, 0) is 68.4 Å². The normalized spacial score (nSPS) is 11.0. The van der Waals surface area contributed by atoms with Crippen LogP contribution in [0.3, 0.4) is 0 Å². The number of carbonyl (C=O) groups is 1. The average molecular weight is 420 g/mol. The van der Waals surface area contributed by atoms with Gasteiger partial charge in [-0.25, -0.2) is 8.42 Å². The summed E-state index contributed by atoms with van der Waals surface area (Å²) in [5.41, 5.74) is 3.05. The summed E-state index contributed by atoms with van der Waals surface area (Å²) in [6.45, 7) is 5.82. The van der Waals surface area contributed by atoms with E-state index in [0.717, 1.165) is 24.0 Å². The zero-order chi connectivity index (χ0) is 20.7. The molecular weight excluding hydrogens is 394 g/mol. The summed E-state index contributed by atoms with van der Waals surface area (Å²) in [6, 6.07) is 11.7. The minimum Gasteiger partial charge on any atom is -0.332 e. The van der Waals surface area contributed by atoms with Crippen molar-refractivity contribution in [1.29, 1.82) is 0 Å². The van der Waals surface area contributed by atoms with E-state index in [9.17, 15) is 13.2 Å². The Balaban J connectivity index is 2.02. The Kier molecular flexibility index (Phi) is 7.53. The van der Waals surface area contributed by atoms with Crippen LogP contribution in [0, 0.1) is 13.8 Å². The maximum absolute atomic E-state index is 12.6. The van der Waals surface area contributed by atoms with Crippen molar-refractivity contribution >= 4 is 44.6 Å². The molecule has 3 N–H and O–H groups in total. The van der Waals surface area contributed by atoms with Gasteiger partial charge in [0.1, 0.15) is 0 Å². The number of thiocarbonyl (C=S) groups is 1. The minimum atomic E-state index is -3.70. The first-order valence-corrected chi connectivity index (χ1v) is 10.9. The number of aryl methyl sites for hydroxylation is 2. The second-order valence-electron chi connectivity index (χ2n) is 6.55. The largest absolute Gasteiger partial charge is 0.332 e. The Hall–Kier alpha value is -2.45. The quantitative estimate of drug-likeness (QED) is 0.588. The van der Waals surface area contributed by atoms with E-state index < -0.39 is 10.0 Å². The maximum Gasteiger partial charge on any atom is 0.261 e. The zero-order valence-electron chi connectivity index (χ0n) is 16.2.